The lowest BCUT2D eigenvalue weighted by molar-refractivity contribution is 0.102. The van der Waals surface area contributed by atoms with Gasteiger partial charge in [0.2, 0.25) is 5.75 Å². The average molecular weight is 436 g/mol. The van der Waals surface area contributed by atoms with Crippen LogP contribution in [0.2, 0.25) is 0 Å². The topological polar surface area (TPSA) is 89.9 Å². The molecule has 4 aromatic rings. The first-order valence-electron chi connectivity index (χ1n) is 9.35. The Kier molecular flexibility index (Phi) is 5.64. The molecule has 7 nitrogen and oxygen atoms in total. The fourth-order valence-electron chi connectivity index (χ4n) is 3.25. The zero-order chi connectivity index (χ0) is 22.0. The van der Waals surface area contributed by atoms with Crippen molar-refractivity contribution in [1.29, 1.82) is 0 Å². The lowest BCUT2D eigenvalue weighted by atomic mass is 10.1. The van der Waals surface area contributed by atoms with Crippen LogP contribution in [0.5, 0.6) is 23.0 Å². The third kappa shape index (κ3) is 3.85. The van der Waals surface area contributed by atoms with E-state index in [1.165, 1.54) is 32.7 Å². The Labute approximate surface area is 182 Å². The molecular formula is C23H20N2O5S. The number of nitrogens with zero attached hydrogens (tertiary/aromatic N) is 1. The van der Waals surface area contributed by atoms with Crippen LogP contribution in [0.15, 0.2) is 54.6 Å². The maximum absolute atomic E-state index is 13.1. The van der Waals surface area contributed by atoms with Gasteiger partial charge in [0.1, 0.15) is 10.8 Å². The summed E-state index contributed by atoms with van der Waals surface area (Å²) in [6.45, 7) is 0. The summed E-state index contributed by atoms with van der Waals surface area (Å²) in [5.41, 5.74) is 2.04. The summed E-state index contributed by atoms with van der Waals surface area (Å²) in [6.07, 6.45) is 0. The zero-order valence-electron chi connectivity index (χ0n) is 17.1. The fraction of sp³-hybridized carbons (Fsp3) is 0.130. The molecule has 0 radical (unpaired) electrons. The highest BCUT2D eigenvalue weighted by Crippen LogP contribution is 2.41. The highest BCUT2D eigenvalue weighted by Gasteiger charge is 2.20. The molecule has 0 aliphatic carbocycles. The van der Waals surface area contributed by atoms with E-state index in [9.17, 15) is 9.90 Å². The van der Waals surface area contributed by atoms with Crippen LogP contribution in [0.4, 0.5) is 5.69 Å². The number of phenolic OH excluding ortho intramolecular Hbond substituents is 1. The van der Waals surface area contributed by atoms with Crippen molar-refractivity contribution in [3.05, 3.63) is 60.2 Å². The molecule has 2 N–H and O–H groups in total. The molecule has 1 aromatic heterocycles. The number of thiazole rings is 1. The van der Waals surface area contributed by atoms with E-state index in [0.717, 1.165) is 10.2 Å². The van der Waals surface area contributed by atoms with Crippen molar-refractivity contribution in [3.8, 4) is 33.6 Å². The third-order valence-electron chi connectivity index (χ3n) is 4.73. The Bertz CT molecular complexity index is 1210. The molecule has 0 fully saturated rings. The summed E-state index contributed by atoms with van der Waals surface area (Å²) < 4.78 is 17.0. The van der Waals surface area contributed by atoms with Crippen LogP contribution in [0.3, 0.4) is 0 Å². The second kappa shape index (κ2) is 8.53. The number of carbonyl (C=O) groups excluding carboxylic acids is 1. The molecule has 0 saturated heterocycles. The van der Waals surface area contributed by atoms with Crippen LogP contribution in [0, 0.1) is 0 Å². The molecule has 0 atom stereocenters. The number of aromatic nitrogens is 1. The van der Waals surface area contributed by atoms with Crippen LogP contribution >= 0.6 is 11.3 Å². The normalized spacial score (nSPS) is 10.7. The molecule has 158 valence electrons. The van der Waals surface area contributed by atoms with Gasteiger partial charge in [-0.1, -0.05) is 18.2 Å². The summed E-state index contributed by atoms with van der Waals surface area (Å²) in [7, 11) is 4.47. The zero-order valence-corrected chi connectivity index (χ0v) is 17.9. The van der Waals surface area contributed by atoms with Crippen LogP contribution in [-0.2, 0) is 0 Å². The predicted octanol–water partition coefficient (Wildman–Crippen LogP) is 4.95. The van der Waals surface area contributed by atoms with Crippen molar-refractivity contribution in [2.45, 2.75) is 0 Å². The smallest absolute Gasteiger partial charge is 0.255 e. The molecule has 31 heavy (non-hydrogen) atoms. The van der Waals surface area contributed by atoms with E-state index in [0.29, 0.717) is 39.1 Å². The number of amides is 1. The van der Waals surface area contributed by atoms with Gasteiger partial charge in [-0.05, 0) is 36.4 Å². The van der Waals surface area contributed by atoms with Crippen molar-refractivity contribution < 1.29 is 24.1 Å². The van der Waals surface area contributed by atoms with E-state index >= 15 is 0 Å². The number of carbonyl (C=O) groups is 1. The number of hydrogen-bond donors (Lipinski definition) is 2. The van der Waals surface area contributed by atoms with E-state index < -0.39 is 5.91 Å². The van der Waals surface area contributed by atoms with Gasteiger partial charge in [0, 0.05) is 5.56 Å². The molecule has 1 heterocycles. The van der Waals surface area contributed by atoms with Crippen LogP contribution in [-0.4, -0.2) is 37.3 Å². The number of rotatable bonds is 6. The number of para-hydroxylation sites is 1. The minimum atomic E-state index is -0.396. The molecule has 0 spiro atoms. The molecule has 8 heteroatoms. The largest absolute Gasteiger partial charge is 0.507 e. The van der Waals surface area contributed by atoms with Gasteiger partial charge in [0.15, 0.2) is 11.5 Å². The van der Waals surface area contributed by atoms with Gasteiger partial charge in [0.05, 0.1) is 42.8 Å². The number of benzene rings is 3. The van der Waals surface area contributed by atoms with Crippen LogP contribution < -0.4 is 19.5 Å². The molecule has 0 bridgehead atoms. The number of fused-ring (bicyclic) bond motifs is 1. The Balaban J connectivity index is 1.74. The molecular weight excluding hydrogens is 416 g/mol. The summed E-state index contributed by atoms with van der Waals surface area (Å²) in [6, 6.07) is 15.8. The second-order valence-corrected chi connectivity index (χ2v) is 7.59. The molecule has 3 aromatic carbocycles. The van der Waals surface area contributed by atoms with E-state index in [1.807, 2.05) is 24.3 Å². The fourth-order valence-corrected chi connectivity index (χ4v) is 4.29. The van der Waals surface area contributed by atoms with E-state index in [4.69, 9.17) is 14.2 Å². The van der Waals surface area contributed by atoms with Gasteiger partial charge in [-0.3, -0.25) is 4.79 Å². The monoisotopic (exact) mass is 436 g/mol. The summed E-state index contributed by atoms with van der Waals surface area (Å²) >= 11 is 1.44. The minimum Gasteiger partial charge on any atom is -0.507 e. The van der Waals surface area contributed by atoms with E-state index in [-0.39, 0.29) is 5.75 Å². The Morgan fingerprint density at radius 3 is 2.32 bits per heavy atom. The first-order valence-corrected chi connectivity index (χ1v) is 10.2. The predicted molar refractivity (Wildman–Crippen MR) is 121 cm³/mol. The maximum atomic E-state index is 13.1. The average Bonchev–Trinajstić information content (AvgIpc) is 3.21. The molecule has 0 saturated carbocycles. The SMILES string of the molecule is COc1cc(C(=O)Nc2cccc(O)c2-c2nc3ccccc3s2)cc(OC)c1OC. The summed E-state index contributed by atoms with van der Waals surface area (Å²) in [4.78, 5) is 17.7. The van der Waals surface area contributed by atoms with E-state index in [2.05, 4.69) is 10.3 Å². The number of methoxy groups -OCH3 is 3. The molecule has 4 rings (SSSR count). The molecule has 0 aliphatic rings. The van der Waals surface area contributed by atoms with E-state index in [1.54, 1.807) is 30.3 Å². The lowest BCUT2D eigenvalue weighted by Gasteiger charge is -2.15. The molecule has 0 unspecified atom stereocenters. The summed E-state index contributed by atoms with van der Waals surface area (Å²) in [5, 5.41) is 14.0. The van der Waals surface area contributed by atoms with Crippen LogP contribution in [0.1, 0.15) is 10.4 Å². The molecule has 0 aliphatic heterocycles. The van der Waals surface area contributed by atoms with Crippen molar-refractivity contribution in [2.24, 2.45) is 0 Å². The number of hydrogen-bond acceptors (Lipinski definition) is 7. The maximum Gasteiger partial charge on any atom is 0.255 e. The number of nitrogens with one attached hydrogen (secondary N) is 1. The van der Waals surface area contributed by atoms with Gasteiger partial charge in [-0.25, -0.2) is 4.98 Å². The van der Waals surface area contributed by atoms with Crippen molar-refractivity contribution in [2.75, 3.05) is 26.6 Å². The Morgan fingerprint density at radius 2 is 1.68 bits per heavy atom. The first-order chi connectivity index (χ1) is 15.0. The van der Waals surface area contributed by atoms with Gasteiger partial charge in [-0.2, -0.15) is 0 Å². The standard InChI is InChI=1S/C23H20N2O5S/c1-28-17-11-13(12-18(29-2)21(17)30-3)22(27)24-15-8-6-9-16(26)20(15)23-25-14-7-4-5-10-19(14)31-23/h4-12,26H,1-3H3,(H,24,27). The van der Waals surface area contributed by atoms with Crippen molar-refractivity contribution in [3.63, 3.8) is 0 Å². The first kappa shape index (κ1) is 20.5. The summed E-state index contributed by atoms with van der Waals surface area (Å²) in [5.74, 6) is 0.770. The number of phenols is 1. The van der Waals surface area contributed by atoms with Crippen LogP contribution in [0.25, 0.3) is 20.8 Å². The number of anilines is 1. The van der Waals surface area contributed by atoms with Gasteiger partial charge in [0.25, 0.3) is 5.91 Å². The minimum absolute atomic E-state index is 0.0294. The van der Waals surface area contributed by atoms with Gasteiger partial charge < -0.3 is 24.6 Å². The quantitative estimate of drug-likeness (QED) is 0.445. The second-order valence-electron chi connectivity index (χ2n) is 6.55. The van der Waals surface area contributed by atoms with Gasteiger partial charge in [-0.15, -0.1) is 11.3 Å². The number of aromatic hydroxyl groups is 1. The van der Waals surface area contributed by atoms with Crippen molar-refractivity contribution in [1.82, 2.24) is 4.98 Å². The Hall–Kier alpha value is -3.78. The third-order valence-corrected chi connectivity index (χ3v) is 5.78. The molecule has 1 amide bonds. The Morgan fingerprint density at radius 1 is 0.968 bits per heavy atom. The highest BCUT2D eigenvalue weighted by atomic mass is 32.1. The highest BCUT2D eigenvalue weighted by molar-refractivity contribution is 7.21. The number of ether oxygens (including phenoxy) is 3. The lowest BCUT2D eigenvalue weighted by Crippen LogP contribution is -2.13. The van der Waals surface area contributed by atoms with Gasteiger partial charge >= 0.3 is 0 Å². The van der Waals surface area contributed by atoms with Crippen molar-refractivity contribution >= 4 is 33.1 Å².